The maximum absolute atomic E-state index is 14.6. The number of nitrogens with zero attached hydrogens (tertiary/aromatic N) is 2. The van der Waals surface area contributed by atoms with Crippen LogP contribution in [0.3, 0.4) is 0 Å². The van der Waals surface area contributed by atoms with Crippen LogP contribution in [0.15, 0.2) is 30.3 Å². The number of morpholine rings is 1. The number of thioether (sulfide) groups is 1. The lowest BCUT2D eigenvalue weighted by Gasteiger charge is -2.52. The number of β-amino-alcohol motifs (C(OH)–C–C–N with tert-alkyl or cyclic N) is 1. The van der Waals surface area contributed by atoms with Gasteiger partial charge in [0.2, 0.25) is 0 Å². The number of aliphatic hydroxyl groups excluding tert-OH is 1. The van der Waals surface area contributed by atoms with E-state index in [1.54, 1.807) is 0 Å². The minimum atomic E-state index is -1.09. The summed E-state index contributed by atoms with van der Waals surface area (Å²) in [6, 6.07) is 12.4. The van der Waals surface area contributed by atoms with Gasteiger partial charge in [-0.25, -0.2) is 0 Å². The second kappa shape index (κ2) is 17.9. The largest absolute Gasteiger partial charge is 0.469 e. The molecule has 288 valence electrons. The Morgan fingerprint density at radius 3 is 2.06 bits per heavy atom. The second-order valence-electron chi connectivity index (χ2n) is 17.7. The quantitative estimate of drug-likeness (QED) is 0.116. The summed E-state index contributed by atoms with van der Waals surface area (Å²) in [4.78, 5) is 30.5. The van der Waals surface area contributed by atoms with Crippen molar-refractivity contribution in [2.75, 3.05) is 46.6 Å². The van der Waals surface area contributed by atoms with Gasteiger partial charge in [-0.1, -0.05) is 91.0 Å². The lowest BCUT2D eigenvalue weighted by molar-refractivity contribution is -0.171. The van der Waals surface area contributed by atoms with Crippen LogP contribution in [0.4, 0.5) is 0 Å². The number of benzene rings is 1. The fourth-order valence-electron chi connectivity index (χ4n) is 7.94. The second-order valence-corrected chi connectivity index (χ2v) is 20.0. The molecular weight excluding hydrogens is 681 g/mol. The van der Waals surface area contributed by atoms with E-state index < -0.39 is 43.9 Å². The van der Waals surface area contributed by atoms with E-state index in [0.29, 0.717) is 56.3 Å². The van der Waals surface area contributed by atoms with Crippen molar-refractivity contribution < 1.29 is 28.9 Å². The highest BCUT2D eigenvalue weighted by atomic mass is 32.2. The van der Waals surface area contributed by atoms with Crippen LogP contribution in [0.25, 0.3) is 0 Å². The van der Waals surface area contributed by atoms with Crippen LogP contribution in [0.1, 0.15) is 108 Å². The molecule has 0 amide bonds. The highest BCUT2D eigenvalue weighted by molar-refractivity contribution is 8.24. The van der Waals surface area contributed by atoms with Crippen LogP contribution in [0, 0.1) is 50.2 Å². The molecule has 1 saturated heterocycles. The number of rotatable bonds is 18. The zero-order chi connectivity index (χ0) is 39.1. The number of ether oxygens (including phenoxy) is 3. The van der Waals surface area contributed by atoms with Crippen molar-refractivity contribution in [2.45, 2.75) is 113 Å². The third kappa shape index (κ3) is 11.0. The van der Waals surface area contributed by atoms with Crippen molar-refractivity contribution >= 4 is 40.1 Å². The molecule has 5 unspecified atom stereocenters. The molecule has 51 heavy (non-hydrogen) atoms. The lowest BCUT2D eigenvalue weighted by atomic mass is 9.52. The zero-order valence-corrected chi connectivity index (χ0v) is 35.3. The van der Waals surface area contributed by atoms with Gasteiger partial charge in [0.15, 0.2) is 0 Å². The van der Waals surface area contributed by atoms with Crippen LogP contribution < -0.4 is 0 Å². The van der Waals surface area contributed by atoms with Gasteiger partial charge in [-0.05, 0) is 82.1 Å². The molecule has 2 rings (SSSR count). The van der Waals surface area contributed by atoms with Crippen LogP contribution >= 0.6 is 24.0 Å². The SMILES string of the molecule is COC(=O)C(C)(CC(C)(C)C(C)C(C)(CC(C)(C)C(C)(C#N)CC(C)C)C(=O)OCC(O)CN1CCOCC1)C(C)(C)SC(=S)c1ccccc1. The Balaban J connectivity index is 2.55. The highest BCUT2D eigenvalue weighted by Crippen LogP contribution is 2.58. The maximum Gasteiger partial charge on any atom is 0.312 e. The van der Waals surface area contributed by atoms with Crippen LogP contribution in [0.5, 0.6) is 0 Å². The Morgan fingerprint density at radius 1 is 0.980 bits per heavy atom. The van der Waals surface area contributed by atoms with E-state index in [1.807, 2.05) is 65.0 Å². The van der Waals surface area contributed by atoms with Crippen molar-refractivity contribution in [3.63, 3.8) is 0 Å². The first kappa shape index (κ1) is 45.1. The minimum absolute atomic E-state index is 0.138. The molecule has 8 nitrogen and oxygen atoms in total. The molecule has 5 atom stereocenters. The summed E-state index contributed by atoms with van der Waals surface area (Å²) < 4.78 is 16.9. The molecule has 0 radical (unpaired) electrons. The van der Waals surface area contributed by atoms with Gasteiger partial charge in [-0.3, -0.25) is 14.5 Å². The lowest BCUT2D eigenvalue weighted by Crippen LogP contribution is -2.53. The number of methoxy groups -OCH3 is 1. The van der Waals surface area contributed by atoms with Gasteiger partial charge in [0, 0.05) is 24.4 Å². The summed E-state index contributed by atoms with van der Waals surface area (Å²) in [5, 5.41) is 21.5. The first-order chi connectivity index (χ1) is 23.4. The van der Waals surface area contributed by atoms with E-state index in [2.05, 4.69) is 59.4 Å². The molecule has 1 aromatic carbocycles. The zero-order valence-electron chi connectivity index (χ0n) is 33.7. The van der Waals surface area contributed by atoms with E-state index in [4.69, 9.17) is 26.4 Å². The Bertz CT molecular complexity index is 1370. The number of hydrogen-bond acceptors (Lipinski definition) is 10. The average Bonchev–Trinajstić information content (AvgIpc) is 3.05. The topological polar surface area (TPSA) is 109 Å². The van der Waals surface area contributed by atoms with E-state index >= 15 is 0 Å². The molecular formula is C41H66N2O6S2. The smallest absolute Gasteiger partial charge is 0.312 e. The van der Waals surface area contributed by atoms with Crippen molar-refractivity contribution in [2.24, 2.45) is 38.9 Å². The van der Waals surface area contributed by atoms with Crippen molar-refractivity contribution in [1.82, 2.24) is 4.90 Å². The Morgan fingerprint density at radius 2 is 1.55 bits per heavy atom. The van der Waals surface area contributed by atoms with Gasteiger partial charge in [0.05, 0.1) is 46.8 Å². The third-order valence-electron chi connectivity index (χ3n) is 12.1. The molecule has 1 fully saturated rings. The summed E-state index contributed by atoms with van der Waals surface area (Å²) in [7, 11) is 1.41. The first-order valence-corrected chi connectivity index (χ1v) is 19.6. The van der Waals surface area contributed by atoms with Gasteiger partial charge >= 0.3 is 11.9 Å². The number of carbonyl (C=O) groups is 2. The monoisotopic (exact) mass is 746 g/mol. The molecule has 1 aromatic rings. The molecule has 1 heterocycles. The Kier molecular flexibility index (Phi) is 15.8. The van der Waals surface area contributed by atoms with Gasteiger partial charge in [-0.15, -0.1) is 11.8 Å². The molecule has 0 bridgehead atoms. The predicted molar refractivity (Wildman–Crippen MR) is 211 cm³/mol. The van der Waals surface area contributed by atoms with Crippen LogP contribution in [0.2, 0.25) is 0 Å². The van der Waals surface area contributed by atoms with Crippen molar-refractivity contribution in [3.05, 3.63) is 35.9 Å². The number of nitriles is 1. The molecule has 0 spiro atoms. The van der Waals surface area contributed by atoms with Crippen LogP contribution in [-0.2, 0) is 23.8 Å². The molecule has 10 heteroatoms. The average molecular weight is 747 g/mol. The van der Waals surface area contributed by atoms with Gasteiger partial charge in [-0.2, -0.15) is 5.26 Å². The number of esters is 2. The van der Waals surface area contributed by atoms with Crippen molar-refractivity contribution in [3.8, 4) is 6.07 Å². The fourth-order valence-corrected chi connectivity index (χ4v) is 9.80. The summed E-state index contributed by atoms with van der Waals surface area (Å²) in [5.41, 5.74) is -3.13. The Labute approximate surface area is 318 Å². The minimum Gasteiger partial charge on any atom is -0.469 e. The highest BCUT2D eigenvalue weighted by Gasteiger charge is 2.58. The Hall–Kier alpha value is -2.03. The normalized spacial score (nSPS) is 19.5. The standard InChI is InChI=1S/C41H66N2O6S2/c1-29(2)23-39(10,28-42)37(6,7)27-40(11,34(45)49-25-32(44)24-43-19-21-48-22-20-43)30(3)36(4,5)26-41(12,35(46)47-13)38(8,9)51-33(50)31-17-15-14-16-18-31/h14-18,29-30,32,44H,19-27H2,1-13H3. The number of carbonyl (C=O) groups excluding carboxylic acids is 2. The van der Waals surface area contributed by atoms with E-state index in [9.17, 15) is 20.0 Å². The van der Waals surface area contributed by atoms with Gasteiger partial charge < -0.3 is 19.3 Å². The van der Waals surface area contributed by atoms with Gasteiger partial charge in [0.25, 0.3) is 0 Å². The maximum atomic E-state index is 14.6. The number of aliphatic hydroxyl groups is 1. The van der Waals surface area contributed by atoms with E-state index in [1.165, 1.54) is 18.9 Å². The molecule has 0 aliphatic carbocycles. The summed E-state index contributed by atoms with van der Waals surface area (Å²) in [6.07, 6.45) is 0.567. The third-order valence-corrected chi connectivity index (χ3v) is 13.9. The van der Waals surface area contributed by atoms with Gasteiger partial charge in [0.1, 0.15) is 12.7 Å². The van der Waals surface area contributed by atoms with E-state index in [-0.39, 0.29) is 24.4 Å². The number of hydrogen-bond donors (Lipinski definition) is 1. The predicted octanol–water partition coefficient (Wildman–Crippen LogP) is 8.34. The molecule has 0 aromatic heterocycles. The number of thiocarbonyl (C=S) groups is 1. The molecule has 0 saturated carbocycles. The molecule has 1 N–H and O–H groups in total. The first-order valence-electron chi connectivity index (χ1n) is 18.3. The molecule has 1 aliphatic heterocycles. The van der Waals surface area contributed by atoms with E-state index in [0.717, 1.165) is 5.56 Å². The summed E-state index contributed by atoms with van der Waals surface area (Å²) >= 11 is 7.36. The summed E-state index contributed by atoms with van der Waals surface area (Å²) in [6.45, 7) is 27.4. The van der Waals surface area contributed by atoms with Crippen molar-refractivity contribution in [1.29, 1.82) is 5.26 Å². The summed E-state index contributed by atoms with van der Waals surface area (Å²) in [5.74, 6) is -0.818. The molecule has 1 aliphatic rings. The fraction of sp³-hybridized carbons (Fsp3) is 0.756. The van der Waals surface area contributed by atoms with Crippen LogP contribution in [-0.4, -0.2) is 83.6 Å².